The molecular formula is C27H28N4O3S. The summed E-state index contributed by atoms with van der Waals surface area (Å²) in [5, 5.41) is 7.69. The first-order chi connectivity index (χ1) is 16.8. The maximum atomic E-state index is 12.9. The Bertz CT molecular complexity index is 1400. The predicted octanol–water partition coefficient (Wildman–Crippen LogP) is 4.22. The molecule has 0 radical (unpaired) electrons. The van der Waals surface area contributed by atoms with Gasteiger partial charge in [-0.25, -0.2) is 13.1 Å². The molecule has 0 saturated heterocycles. The molecule has 180 valence electrons. The molecule has 0 fully saturated rings. The zero-order chi connectivity index (χ0) is 24.8. The van der Waals surface area contributed by atoms with E-state index in [-0.39, 0.29) is 29.0 Å². The number of benzene rings is 3. The van der Waals surface area contributed by atoms with Crippen molar-refractivity contribution in [1.82, 2.24) is 19.8 Å². The highest BCUT2D eigenvalue weighted by Crippen LogP contribution is 2.22. The second-order valence-electron chi connectivity index (χ2n) is 8.54. The second kappa shape index (κ2) is 10.7. The van der Waals surface area contributed by atoms with Crippen molar-refractivity contribution in [1.29, 1.82) is 0 Å². The number of rotatable bonds is 9. The number of amides is 1. The SMILES string of the molecule is CC(C)NS(=O)(=O)c1cccc(C(=O)NCc2cn(Cc3ccccc3)nc2-c2ccccc2)c1. The van der Waals surface area contributed by atoms with Crippen LogP contribution in [0, 0.1) is 0 Å². The topological polar surface area (TPSA) is 93.1 Å². The lowest BCUT2D eigenvalue weighted by Crippen LogP contribution is -2.30. The van der Waals surface area contributed by atoms with Crippen LogP contribution in [0.15, 0.2) is 96.0 Å². The van der Waals surface area contributed by atoms with Crippen LogP contribution < -0.4 is 10.0 Å². The van der Waals surface area contributed by atoms with E-state index in [0.717, 1.165) is 22.4 Å². The van der Waals surface area contributed by atoms with Gasteiger partial charge in [-0.1, -0.05) is 66.7 Å². The summed E-state index contributed by atoms with van der Waals surface area (Å²) in [6, 6.07) is 25.6. The first-order valence-corrected chi connectivity index (χ1v) is 12.9. The van der Waals surface area contributed by atoms with Crippen LogP contribution in [0.25, 0.3) is 11.3 Å². The van der Waals surface area contributed by atoms with Crippen LogP contribution in [0.4, 0.5) is 0 Å². The van der Waals surface area contributed by atoms with Crippen LogP contribution in [0.5, 0.6) is 0 Å². The molecule has 1 aromatic heterocycles. The fourth-order valence-corrected chi connectivity index (χ4v) is 5.04. The largest absolute Gasteiger partial charge is 0.348 e. The van der Waals surface area contributed by atoms with Gasteiger partial charge in [0.05, 0.1) is 17.1 Å². The summed E-state index contributed by atoms with van der Waals surface area (Å²) in [6.45, 7) is 4.35. The number of sulfonamides is 1. The van der Waals surface area contributed by atoms with Crippen LogP contribution in [0.1, 0.15) is 35.3 Å². The molecule has 7 nitrogen and oxygen atoms in total. The highest BCUT2D eigenvalue weighted by molar-refractivity contribution is 7.89. The maximum Gasteiger partial charge on any atom is 0.251 e. The number of carbonyl (C=O) groups is 1. The van der Waals surface area contributed by atoms with Gasteiger partial charge in [-0.15, -0.1) is 0 Å². The summed E-state index contributed by atoms with van der Waals surface area (Å²) in [5.74, 6) is -0.360. The summed E-state index contributed by atoms with van der Waals surface area (Å²) in [6.07, 6.45) is 1.93. The van der Waals surface area contributed by atoms with Crippen molar-refractivity contribution in [2.45, 2.75) is 37.9 Å². The molecule has 3 aromatic carbocycles. The van der Waals surface area contributed by atoms with Gasteiger partial charge in [-0.3, -0.25) is 9.48 Å². The summed E-state index contributed by atoms with van der Waals surface area (Å²) in [5.41, 5.74) is 4.01. The Morgan fingerprint density at radius 3 is 2.31 bits per heavy atom. The average molecular weight is 489 g/mol. The van der Waals surface area contributed by atoms with Crippen molar-refractivity contribution in [3.8, 4) is 11.3 Å². The summed E-state index contributed by atoms with van der Waals surface area (Å²) >= 11 is 0. The van der Waals surface area contributed by atoms with Crippen molar-refractivity contribution >= 4 is 15.9 Å². The van der Waals surface area contributed by atoms with E-state index in [9.17, 15) is 13.2 Å². The fourth-order valence-electron chi connectivity index (χ4n) is 3.74. The first-order valence-electron chi connectivity index (χ1n) is 11.4. The van der Waals surface area contributed by atoms with Gasteiger partial charge in [0.2, 0.25) is 10.0 Å². The van der Waals surface area contributed by atoms with Crippen LogP contribution in [0.2, 0.25) is 0 Å². The first kappa shape index (κ1) is 24.4. The quantitative estimate of drug-likeness (QED) is 0.369. The molecule has 35 heavy (non-hydrogen) atoms. The van der Waals surface area contributed by atoms with Gasteiger partial charge in [0, 0.05) is 35.5 Å². The number of aromatic nitrogens is 2. The molecule has 0 aliphatic rings. The Hall–Kier alpha value is -3.75. The highest BCUT2D eigenvalue weighted by atomic mass is 32.2. The molecule has 1 heterocycles. The van der Waals surface area contributed by atoms with Crippen molar-refractivity contribution in [2.75, 3.05) is 0 Å². The van der Waals surface area contributed by atoms with E-state index in [2.05, 4.69) is 10.0 Å². The van der Waals surface area contributed by atoms with Crippen LogP contribution >= 0.6 is 0 Å². The van der Waals surface area contributed by atoms with Gasteiger partial charge in [-0.05, 0) is 37.6 Å². The molecule has 8 heteroatoms. The molecule has 0 aliphatic heterocycles. The molecule has 0 aliphatic carbocycles. The van der Waals surface area contributed by atoms with Crippen molar-refractivity contribution in [3.05, 3.63) is 108 Å². The summed E-state index contributed by atoms with van der Waals surface area (Å²) in [4.78, 5) is 13.0. The average Bonchev–Trinajstić information content (AvgIpc) is 3.25. The lowest BCUT2D eigenvalue weighted by atomic mass is 10.1. The number of nitrogens with zero attached hydrogens (tertiary/aromatic N) is 2. The minimum absolute atomic E-state index is 0.0551. The van der Waals surface area contributed by atoms with Crippen molar-refractivity contribution in [2.24, 2.45) is 0 Å². The predicted molar refractivity (Wildman–Crippen MR) is 136 cm³/mol. The van der Waals surface area contributed by atoms with E-state index in [1.165, 1.54) is 12.1 Å². The standard InChI is InChI=1S/C27H28N4O3S/c1-20(2)30-35(33,34)25-15-9-14-23(16-25)27(32)28-17-24-19-31(18-21-10-5-3-6-11-21)29-26(24)22-12-7-4-8-13-22/h3-16,19-20,30H,17-18H2,1-2H3,(H,28,32). The lowest BCUT2D eigenvalue weighted by molar-refractivity contribution is 0.0950. The molecular weight excluding hydrogens is 460 g/mol. The van der Waals surface area contributed by atoms with Crippen molar-refractivity contribution in [3.63, 3.8) is 0 Å². The van der Waals surface area contributed by atoms with Gasteiger partial charge < -0.3 is 5.32 Å². The van der Waals surface area contributed by atoms with E-state index >= 15 is 0 Å². The van der Waals surface area contributed by atoms with Gasteiger partial charge in [0.25, 0.3) is 5.91 Å². The van der Waals surface area contributed by atoms with E-state index in [1.807, 2.05) is 71.5 Å². The molecule has 0 unspecified atom stereocenters. The number of hydrogen-bond acceptors (Lipinski definition) is 4. The zero-order valence-corrected chi connectivity index (χ0v) is 20.5. The smallest absolute Gasteiger partial charge is 0.251 e. The minimum atomic E-state index is -3.70. The number of hydrogen-bond donors (Lipinski definition) is 2. The Morgan fingerprint density at radius 1 is 0.943 bits per heavy atom. The highest BCUT2D eigenvalue weighted by Gasteiger charge is 2.18. The minimum Gasteiger partial charge on any atom is -0.348 e. The molecule has 0 saturated carbocycles. The van der Waals surface area contributed by atoms with Gasteiger partial charge >= 0.3 is 0 Å². The van der Waals surface area contributed by atoms with Gasteiger partial charge in [0.1, 0.15) is 0 Å². The monoisotopic (exact) mass is 488 g/mol. The molecule has 0 bridgehead atoms. The normalized spacial score (nSPS) is 11.5. The molecule has 0 atom stereocenters. The zero-order valence-electron chi connectivity index (χ0n) is 19.7. The van der Waals surface area contributed by atoms with Gasteiger partial charge in [0.15, 0.2) is 0 Å². The summed E-state index contributed by atoms with van der Waals surface area (Å²) in [7, 11) is -3.70. The van der Waals surface area contributed by atoms with Gasteiger partial charge in [-0.2, -0.15) is 5.10 Å². The molecule has 2 N–H and O–H groups in total. The number of nitrogens with one attached hydrogen (secondary N) is 2. The van der Waals surface area contributed by atoms with E-state index in [4.69, 9.17) is 5.10 Å². The Morgan fingerprint density at radius 2 is 1.63 bits per heavy atom. The maximum absolute atomic E-state index is 12.9. The van der Waals surface area contributed by atoms with Crippen LogP contribution in [0.3, 0.4) is 0 Å². The Balaban J connectivity index is 1.55. The number of carbonyl (C=O) groups excluding carboxylic acids is 1. The van der Waals surface area contributed by atoms with E-state index in [0.29, 0.717) is 6.54 Å². The molecule has 0 spiro atoms. The van der Waals surface area contributed by atoms with E-state index in [1.54, 1.807) is 26.0 Å². The third-order valence-electron chi connectivity index (χ3n) is 5.31. The van der Waals surface area contributed by atoms with Crippen LogP contribution in [-0.4, -0.2) is 30.1 Å². The molecule has 1 amide bonds. The molecule has 4 rings (SSSR count). The van der Waals surface area contributed by atoms with Crippen molar-refractivity contribution < 1.29 is 13.2 Å². The third-order valence-corrected chi connectivity index (χ3v) is 6.97. The lowest BCUT2D eigenvalue weighted by Gasteiger charge is -2.11. The summed E-state index contributed by atoms with van der Waals surface area (Å²) < 4.78 is 29.4. The molecule has 4 aromatic rings. The Labute approximate surface area is 205 Å². The third kappa shape index (κ3) is 6.23. The van der Waals surface area contributed by atoms with Crippen LogP contribution in [-0.2, 0) is 23.1 Å². The van der Waals surface area contributed by atoms with E-state index < -0.39 is 10.0 Å². The Kier molecular flexibility index (Phi) is 7.43. The second-order valence-corrected chi connectivity index (χ2v) is 10.3. The fraction of sp³-hybridized carbons (Fsp3) is 0.185.